The number of hydrogen-bond acceptors (Lipinski definition) is 4. The van der Waals surface area contributed by atoms with Crippen LogP contribution in [0.3, 0.4) is 0 Å². The number of rotatable bonds is 8. The van der Waals surface area contributed by atoms with E-state index in [-0.39, 0.29) is 5.54 Å². The van der Waals surface area contributed by atoms with Gasteiger partial charge >= 0.3 is 0 Å². The van der Waals surface area contributed by atoms with Crippen LogP contribution in [0.25, 0.3) is 0 Å². The highest BCUT2D eigenvalue weighted by Gasteiger charge is 2.27. The van der Waals surface area contributed by atoms with Crippen LogP contribution in [0.1, 0.15) is 46.5 Å². The Hall–Kier alpha value is -0.630. The maximum absolute atomic E-state index is 9.43. The van der Waals surface area contributed by atoms with Crippen molar-refractivity contribution in [1.82, 2.24) is 15.1 Å². The molecule has 1 aliphatic rings. The molecule has 0 bridgehead atoms. The fraction of sp³-hybridized carbons (Fsp3) is 0.938. The molecule has 1 rings (SSSR count). The van der Waals surface area contributed by atoms with Crippen LogP contribution in [-0.2, 0) is 0 Å². The summed E-state index contributed by atoms with van der Waals surface area (Å²) < 4.78 is 0. The predicted molar refractivity (Wildman–Crippen MR) is 84.7 cm³/mol. The van der Waals surface area contributed by atoms with Crippen LogP contribution in [0.5, 0.6) is 0 Å². The van der Waals surface area contributed by atoms with E-state index in [1.807, 2.05) is 0 Å². The number of likely N-dealkylation sites (N-methyl/N-ethyl adjacent to an activating group) is 1. The standard InChI is InChI=1S/C16H32N4/c1-5-15-13-20(12-11-19(15)4)10-8-9-16(6-2,14-17)18-7-3/h15,18H,5-13H2,1-4H3. The number of nitrogens with zero attached hydrogens (tertiary/aromatic N) is 3. The van der Waals surface area contributed by atoms with Gasteiger partial charge in [0.05, 0.1) is 6.07 Å². The Morgan fingerprint density at radius 1 is 1.30 bits per heavy atom. The second-order valence-corrected chi connectivity index (χ2v) is 6.02. The minimum atomic E-state index is -0.314. The van der Waals surface area contributed by atoms with Gasteiger partial charge in [0.15, 0.2) is 0 Å². The average Bonchev–Trinajstić information content (AvgIpc) is 2.48. The van der Waals surface area contributed by atoms with Crippen molar-refractivity contribution in [2.75, 3.05) is 39.8 Å². The Bertz CT molecular complexity index is 312. The molecule has 116 valence electrons. The quantitative estimate of drug-likeness (QED) is 0.739. The third kappa shape index (κ3) is 4.73. The van der Waals surface area contributed by atoms with Gasteiger partial charge in [-0.05, 0) is 45.8 Å². The lowest BCUT2D eigenvalue weighted by atomic mass is 9.91. The van der Waals surface area contributed by atoms with Crippen LogP contribution in [-0.4, -0.2) is 61.2 Å². The topological polar surface area (TPSA) is 42.3 Å². The molecule has 0 amide bonds. The predicted octanol–water partition coefficient (Wildman–Crippen LogP) is 2.07. The van der Waals surface area contributed by atoms with E-state index >= 15 is 0 Å². The number of nitrogens with one attached hydrogen (secondary N) is 1. The summed E-state index contributed by atoms with van der Waals surface area (Å²) in [6, 6.07) is 3.19. The van der Waals surface area contributed by atoms with E-state index in [2.05, 4.69) is 49.0 Å². The molecule has 1 aliphatic heterocycles. The van der Waals surface area contributed by atoms with Gasteiger partial charge in [-0.25, -0.2) is 0 Å². The van der Waals surface area contributed by atoms with Gasteiger partial charge in [0, 0.05) is 25.7 Å². The fourth-order valence-corrected chi connectivity index (χ4v) is 3.16. The third-order valence-electron chi connectivity index (χ3n) is 4.74. The zero-order chi connectivity index (χ0) is 15.0. The van der Waals surface area contributed by atoms with E-state index in [1.54, 1.807) is 0 Å². The lowest BCUT2D eigenvalue weighted by molar-refractivity contribution is 0.0906. The molecule has 1 heterocycles. The van der Waals surface area contributed by atoms with Gasteiger partial charge < -0.3 is 9.80 Å². The first-order valence-corrected chi connectivity index (χ1v) is 8.19. The zero-order valence-electron chi connectivity index (χ0n) is 13.8. The molecule has 1 saturated heterocycles. The highest BCUT2D eigenvalue weighted by atomic mass is 15.3. The van der Waals surface area contributed by atoms with Crippen molar-refractivity contribution in [3.05, 3.63) is 0 Å². The van der Waals surface area contributed by atoms with Gasteiger partial charge in [0.1, 0.15) is 5.54 Å². The molecule has 1 fully saturated rings. The zero-order valence-corrected chi connectivity index (χ0v) is 13.8. The molecule has 2 atom stereocenters. The lowest BCUT2D eigenvalue weighted by Gasteiger charge is -2.39. The summed E-state index contributed by atoms with van der Waals surface area (Å²) in [6.45, 7) is 12.0. The molecular formula is C16H32N4. The molecular weight excluding hydrogens is 248 g/mol. The minimum absolute atomic E-state index is 0.314. The molecule has 0 aromatic heterocycles. The van der Waals surface area contributed by atoms with E-state index in [9.17, 15) is 5.26 Å². The van der Waals surface area contributed by atoms with Crippen LogP contribution >= 0.6 is 0 Å². The number of nitriles is 1. The molecule has 0 aliphatic carbocycles. The van der Waals surface area contributed by atoms with E-state index in [4.69, 9.17) is 0 Å². The molecule has 0 aromatic rings. The average molecular weight is 280 g/mol. The molecule has 20 heavy (non-hydrogen) atoms. The van der Waals surface area contributed by atoms with E-state index in [0.29, 0.717) is 6.04 Å². The fourth-order valence-electron chi connectivity index (χ4n) is 3.16. The Morgan fingerprint density at radius 3 is 2.60 bits per heavy atom. The molecule has 4 heteroatoms. The van der Waals surface area contributed by atoms with Crippen molar-refractivity contribution in [2.24, 2.45) is 0 Å². The van der Waals surface area contributed by atoms with Crippen LogP contribution in [0.4, 0.5) is 0 Å². The maximum Gasteiger partial charge on any atom is 0.106 e. The maximum atomic E-state index is 9.43. The van der Waals surface area contributed by atoms with Gasteiger partial charge in [-0.2, -0.15) is 5.26 Å². The van der Waals surface area contributed by atoms with Crippen molar-refractivity contribution in [2.45, 2.75) is 58.0 Å². The van der Waals surface area contributed by atoms with E-state index in [1.165, 1.54) is 26.1 Å². The van der Waals surface area contributed by atoms with Crippen molar-refractivity contribution in [3.63, 3.8) is 0 Å². The van der Waals surface area contributed by atoms with Crippen molar-refractivity contribution < 1.29 is 0 Å². The highest BCUT2D eigenvalue weighted by Crippen LogP contribution is 2.18. The molecule has 0 aromatic carbocycles. The summed E-state index contributed by atoms with van der Waals surface area (Å²) in [5.74, 6) is 0. The number of piperazine rings is 1. The Kier molecular flexibility index (Phi) is 7.50. The third-order valence-corrected chi connectivity index (χ3v) is 4.74. The summed E-state index contributed by atoms with van der Waals surface area (Å²) in [5, 5.41) is 12.8. The van der Waals surface area contributed by atoms with Crippen molar-refractivity contribution >= 4 is 0 Å². The number of hydrogen-bond donors (Lipinski definition) is 1. The van der Waals surface area contributed by atoms with Gasteiger partial charge in [-0.1, -0.05) is 20.8 Å². The first kappa shape index (κ1) is 17.4. The largest absolute Gasteiger partial charge is 0.301 e. The Labute approximate surface area is 125 Å². The molecule has 0 saturated carbocycles. The second kappa shape index (κ2) is 8.61. The van der Waals surface area contributed by atoms with E-state index in [0.717, 1.165) is 32.4 Å². The van der Waals surface area contributed by atoms with Crippen LogP contribution in [0.15, 0.2) is 0 Å². The first-order valence-electron chi connectivity index (χ1n) is 8.19. The van der Waals surface area contributed by atoms with Crippen LogP contribution in [0.2, 0.25) is 0 Å². The summed E-state index contributed by atoms with van der Waals surface area (Å²) in [4.78, 5) is 5.04. The minimum Gasteiger partial charge on any atom is -0.301 e. The van der Waals surface area contributed by atoms with Gasteiger partial charge in [-0.15, -0.1) is 0 Å². The molecule has 4 nitrogen and oxygen atoms in total. The first-order chi connectivity index (χ1) is 9.60. The van der Waals surface area contributed by atoms with Crippen molar-refractivity contribution in [1.29, 1.82) is 5.26 Å². The van der Waals surface area contributed by atoms with Crippen LogP contribution in [0, 0.1) is 11.3 Å². The molecule has 2 unspecified atom stereocenters. The van der Waals surface area contributed by atoms with Gasteiger partial charge in [0.25, 0.3) is 0 Å². The summed E-state index contributed by atoms with van der Waals surface area (Å²) >= 11 is 0. The summed E-state index contributed by atoms with van der Waals surface area (Å²) in [7, 11) is 2.23. The Morgan fingerprint density at radius 2 is 2.05 bits per heavy atom. The van der Waals surface area contributed by atoms with Gasteiger partial charge in [-0.3, -0.25) is 5.32 Å². The monoisotopic (exact) mass is 280 g/mol. The normalized spacial score (nSPS) is 24.2. The van der Waals surface area contributed by atoms with E-state index < -0.39 is 0 Å². The summed E-state index contributed by atoms with van der Waals surface area (Å²) in [6.07, 6.45) is 4.17. The summed E-state index contributed by atoms with van der Waals surface area (Å²) in [5.41, 5.74) is -0.314. The Balaban J connectivity index is 2.38. The molecule has 0 radical (unpaired) electrons. The second-order valence-electron chi connectivity index (χ2n) is 6.02. The lowest BCUT2D eigenvalue weighted by Crippen LogP contribution is -2.51. The smallest absolute Gasteiger partial charge is 0.106 e. The van der Waals surface area contributed by atoms with Crippen molar-refractivity contribution in [3.8, 4) is 6.07 Å². The molecule has 0 spiro atoms. The molecule has 1 N–H and O–H groups in total. The highest BCUT2D eigenvalue weighted by molar-refractivity contribution is 5.06. The van der Waals surface area contributed by atoms with Gasteiger partial charge in [0.2, 0.25) is 0 Å². The van der Waals surface area contributed by atoms with Crippen LogP contribution < -0.4 is 5.32 Å². The SMILES string of the molecule is CCNC(C#N)(CC)CCCN1CCN(C)C(CC)C1.